The Hall–Kier alpha value is -3.39. The van der Waals surface area contributed by atoms with E-state index in [0.29, 0.717) is 29.1 Å². The van der Waals surface area contributed by atoms with Gasteiger partial charge in [-0.15, -0.1) is 0 Å². The standard InChI is InChI=1S/C30H31ClN4O2S/c1-19-20(2)34(22-10-6-5-7-11-22)21(3)27(19)29-28(25-12-8-9-15-32-25)33-30(38)35(29)23-13-14-26(24(31)18-23)37-17-16-36-4/h5-15,18,28-29H,16-17H2,1-4H3,(H,33,38)/t28-,29+/m1/s1. The first-order chi connectivity index (χ1) is 18.4. The van der Waals surface area contributed by atoms with Crippen molar-refractivity contribution in [2.45, 2.75) is 32.9 Å². The number of nitrogens with zero attached hydrogens (tertiary/aromatic N) is 3. The summed E-state index contributed by atoms with van der Waals surface area (Å²) in [6, 6.07) is 21.9. The molecular formula is C30H31ClN4O2S. The number of hydrogen-bond acceptors (Lipinski definition) is 4. The third-order valence-electron chi connectivity index (χ3n) is 7.15. The molecule has 38 heavy (non-hydrogen) atoms. The molecule has 2 aromatic carbocycles. The quantitative estimate of drug-likeness (QED) is 0.197. The Morgan fingerprint density at radius 1 is 0.947 bits per heavy atom. The number of para-hydroxylation sites is 1. The van der Waals surface area contributed by atoms with Gasteiger partial charge in [0.15, 0.2) is 5.11 Å². The fourth-order valence-electron chi connectivity index (χ4n) is 5.32. The summed E-state index contributed by atoms with van der Waals surface area (Å²) in [5.74, 6) is 0.613. The largest absolute Gasteiger partial charge is 0.490 e. The molecule has 1 saturated heterocycles. The van der Waals surface area contributed by atoms with Crippen LogP contribution >= 0.6 is 23.8 Å². The maximum absolute atomic E-state index is 6.68. The fourth-order valence-corrected chi connectivity index (χ4v) is 5.90. The van der Waals surface area contributed by atoms with Crippen LogP contribution in [0.2, 0.25) is 5.02 Å². The van der Waals surface area contributed by atoms with E-state index in [-0.39, 0.29) is 12.1 Å². The van der Waals surface area contributed by atoms with Gasteiger partial charge in [-0.1, -0.05) is 35.9 Å². The van der Waals surface area contributed by atoms with Gasteiger partial charge in [0.1, 0.15) is 12.4 Å². The number of benzene rings is 2. The number of methoxy groups -OCH3 is 1. The molecule has 0 amide bonds. The van der Waals surface area contributed by atoms with Gasteiger partial charge in [-0.2, -0.15) is 0 Å². The highest BCUT2D eigenvalue weighted by atomic mass is 35.5. The van der Waals surface area contributed by atoms with Crippen molar-refractivity contribution in [1.82, 2.24) is 14.9 Å². The Morgan fingerprint density at radius 3 is 2.39 bits per heavy atom. The Labute approximate surface area is 234 Å². The van der Waals surface area contributed by atoms with Crippen LogP contribution in [0.4, 0.5) is 5.69 Å². The van der Waals surface area contributed by atoms with Crippen LogP contribution < -0.4 is 15.0 Å². The molecule has 1 aliphatic heterocycles. The lowest BCUT2D eigenvalue weighted by molar-refractivity contribution is 0.146. The molecule has 0 spiro atoms. The van der Waals surface area contributed by atoms with Crippen LogP contribution in [0.1, 0.15) is 40.3 Å². The van der Waals surface area contributed by atoms with E-state index < -0.39 is 0 Å². The highest BCUT2D eigenvalue weighted by molar-refractivity contribution is 7.80. The summed E-state index contributed by atoms with van der Waals surface area (Å²) in [7, 11) is 1.64. The lowest BCUT2D eigenvalue weighted by Crippen LogP contribution is -2.29. The molecule has 0 bridgehead atoms. The number of halogens is 1. The Bertz CT molecular complexity index is 1440. The maximum atomic E-state index is 6.68. The summed E-state index contributed by atoms with van der Waals surface area (Å²) in [6.45, 7) is 7.45. The van der Waals surface area contributed by atoms with E-state index in [0.717, 1.165) is 17.1 Å². The van der Waals surface area contributed by atoms with E-state index in [9.17, 15) is 0 Å². The summed E-state index contributed by atoms with van der Waals surface area (Å²) in [6.07, 6.45) is 1.82. The average Bonchev–Trinajstić information content (AvgIpc) is 3.37. The van der Waals surface area contributed by atoms with Gasteiger partial charge in [-0.3, -0.25) is 4.98 Å². The highest BCUT2D eigenvalue weighted by Gasteiger charge is 2.43. The second kappa shape index (κ2) is 11.2. The lowest BCUT2D eigenvalue weighted by atomic mass is 9.93. The molecule has 0 unspecified atom stereocenters. The third-order valence-corrected chi connectivity index (χ3v) is 7.76. The molecule has 3 heterocycles. The van der Waals surface area contributed by atoms with Gasteiger partial charge in [-0.05, 0) is 81.0 Å². The highest BCUT2D eigenvalue weighted by Crippen LogP contribution is 2.46. The number of hydrogen-bond donors (Lipinski definition) is 1. The van der Waals surface area contributed by atoms with Gasteiger partial charge in [0.05, 0.1) is 29.4 Å². The molecule has 6 nitrogen and oxygen atoms in total. The van der Waals surface area contributed by atoms with Crippen molar-refractivity contribution in [3.63, 3.8) is 0 Å². The monoisotopic (exact) mass is 546 g/mol. The molecule has 1 N–H and O–H groups in total. The first-order valence-corrected chi connectivity index (χ1v) is 13.4. The van der Waals surface area contributed by atoms with Gasteiger partial charge < -0.3 is 24.3 Å². The van der Waals surface area contributed by atoms with Crippen LogP contribution in [0.15, 0.2) is 72.9 Å². The van der Waals surface area contributed by atoms with Crippen molar-refractivity contribution >= 4 is 34.6 Å². The van der Waals surface area contributed by atoms with Gasteiger partial charge in [0.25, 0.3) is 0 Å². The van der Waals surface area contributed by atoms with Crippen LogP contribution in [-0.4, -0.2) is 35.0 Å². The van der Waals surface area contributed by atoms with E-state index >= 15 is 0 Å². The van der Waals surface area contributed by atoms with Gasteiger partial charge >= 0.3 is 0 Å². The summed E-state index contributed by atoms with van der Waals surface area (Å²) in [5, 5.41) is 4.71. The van der Waals surface area contributed by atoms with Gasteiger partial charge in [0, 0.05) is 41.6 Å². The van der Waals surface area contributed by atoms with Crippen LogP contribution in [0, 0.1) is 20.8 Å². The van der Waals surface area contributed by atoms with E-state index in [1.165, 1.54) is 22.5 Å². The molecule has 1 fully saturated rings. The minimum Gasteiger partial charge on any atom is -0.490 e. The van der Waals surface area contributed by atoms with E-state index in [4.69, 9.17) is 38.3 Å². The minimum absolute atomic E-state index is 0.141. The summed E-state index contributed by atoms with van der Waals surface area (Å²) >= 11 is 12.6. The third kappa shape index (κ3) is 4.77. The van der Waals surface area contributed by atoms with Crippen LogP contribution in [0.5, 0.6) is 5.75 Å². The summed E-state index contributed by atoms with van der Waals surface area (Å²) in [4.78, 5) is 6.86. The molecule has 2 atom stereocenters. The van der Waals surface area contributed by atoms with Crippen molar-refractivity contribution in [3.05, 3.63) is 106 Å². The van der Waals surface area contributed by atoms with E-state index in [2.05, 4.69) is 59.8 Å². The molecular weight excluding hydrogens is 516 g/mol. The summed E-state index contributed by atoms with van der Waals surface area (Å²) < 4.78 is 13.2. The molecule has 8 heteroatoms. The number of aromatic nitrogens is 2. The summed E-state index contributed by atoms with van der Waals surface area (Å²) in [5.41, 5.74) is 7.74. The molecule has 2 aromatic heterocycles. The molecule has 0 saturated carbocycles. The number of nitrogens with one attached hydrogen (secondary N) is 1. The Kier molecular flexibility index (Phi) is 7.70. The van der Waals surface area contributed by atoms with Crippen molar-refractivity contribution in [1.29, 1.82) is 0 Å². The molecule has 0 aliphatic carbocycles. The number of pyridine rings is 1. The van der Waals surface area contributed by atoms with Crippen molar-refractivity contribution in [2.24, 2.45) is 0 Å². The fraction of sp³-hybridized carbons (Fsp3) is 0.267. The minimum atomic E-state index is -0.150. The average molecular weight is 547 g/mol. The van der Waals surface area contributed by atoms with Crippen molar-refractivity contribution in [3.8, 4) is 11.4 Å². The zero-order valence-electron chi connectivity index (χ0n) is 21.9. The zero-order valence-corrected chi connectivity index (χ0v) is 23.5. The Balaban J connectivity index is 1.64. The van der Waals surface area contributed by atoms with Gasteiger partial charge in [0.2, 0.25) is 0 Å². The molecule has 5 rings (SSSR count). The normalized spacial score (nSPS) is 17.1. The first kappa shape index (κ1) is 26.2. The smallest absolute Gasteiger partial charge is 0.174 e. The molecule has 196 valence electrons. The van der Waals surface area contributed by atoms with Gasteiger partial charge in [-0.25, -0.2) is 0 Å². The van der Waals surface area contributed by atoms with Crippen LogP contribution in [0.3, 0.4) is 0 Å². The number of thiocarbonyl (C=S) groups is 1. The molecule has 0 radical (unpaired) electrons. The Morgan fingerprint density at radius 2 is 1.71 bits per heavy atom. The number of anilines is 1. The topological polar surface area (TPSA) is 51.6 Å². The maximum Gasteiger partial charge on any atom is 0.174 e. The number of rotatable bonds is 8. The second-order valence-corrected chi connectivity index (χ2v) is 10.1. The van der Waals surface area contributed by atoms with Crippen molar-refractivity contribution in [2.75, 3.05) is 25.2 Å². The molecule has 4 aromatic rings. The second-order valence-electron chi connectivity index (χ2n) is 9.33. The SMILES string of the molecule is COCCOc1ccc(N2C(=S)N[C@H](c3ccccn3)[C@@H]2c2c(C)c(C)n(-c3ccccc3)c2C)cc1Cl. The predicted molar refractivity (Wildman–Crippen MR) is 157 cm³/mol. The zero-order chi connectivity index (χ0) is 26.8. The first-order valence-electron chi connectivity index (χ1n) is 12.6. The molecule has 1 aliphatic rings. The van der Waals surface area contributed by atoms with E-state index in [1.807, 2.05) is 48.7 Å². The van der Waals surface area contributed by atoms with E-state index in [1.54, 1.807) is 7.11 Å². The number of ether oxygens (including phenoxy) is 2. The van der Waals surface area contributed by atoms with Crippen molar-refractivity contribution < 1.29 is 9.47 Å². The predicted octanol–water partition coefficient (Wildman–Crippen LogP) is 6.65. The van der Waals surface area contributed by atoms with Crippen LogP contribution in [0.25, 0.3) is 5.69 Å². The van der Waals surface area contributed by atoms with Crippen LogP contribution in [-0.2, 0) is 4.74 Å². The lowest BCUT2D eigenvalue weighted by Gasteiger charge is -2.29.